The predicted molar refractivity (Wildman–Crippen MR) is 58.3 cm³/mol. The fourth-order valence-electron chi connectivity index (χ4n) is 1.27. The molecule has 96 valence electrons. The molecular formula is C9H9ClF3NO2S. The number of aliphatic carboxylic acids is 1. The number of carboxylic acid groups (broad SMARTS) is 1. The van der Waals surface area contributed by atoms with E-state index in [-0.39, 0.29) is 6.54 Å². The maximum absolute atomic E-state index is 12.2. The lowest BCUT2D eigenvalue weighted by atomic mass is 10.4. The van der Waals surface area contributed by atoms with Crippen molar-refractivity contribution in [2.45, 2.75) is 12.7 Å². The Kier molecular flexibility index (Phi) is 4.79. The SMILES string of the molecule is O=C(O)CN(Cc1ccc(Cl)s1)CC(F)(F)F. The van der Waals surface area contributed by atoms with Crippen molar-refractivity contribution >= 4 is 28.9 Å². The third-order valence-electron chi connectivity index (χ3n) is 1.77. The molecule has 8 heteroatoms. The molecule has 0 saturated heterocycles. The van der Waals surface area contributed by atoms with Gasteiger partial charge in [0, 0.05) is 11.4 Å². The molecule has 17 heavy (non-hydrogen) atoms. The Morgan fingerprint density at radius 1 is 1.47 bits per heavy atom. The number of nitrogens with zero attached hydrogens (tertiary/aromatic N) is 1. The van der Waals surface area contributed by atoms with Gasteiger partial charge in [0.1, 0.15) is 0 Å². The summed E-state index contributed by atoms with van der Waals surface area (Å²) in [7, 11) is 0. The highest BCUT2D eigenvalue weighted by Gasteiger charge is 2.31. The van der Waals surface area contributed by atoms with E-state index in [9.17, 15) is 18.0 Å². The quantitative estimate of drug-likeness (QED) is 0.905. The summed E-state index contributed by atoms with van der Waals surface area (Å²) in [5, 5.41) is 8.53. The van der Waals surface area contributed by atoms with Gasteiger partial charge >= 0.3 is 12.1 Å². The van der Waals surface area contributed by atoms with Gasteiger partial charge in [-0.3, -0.25) is 9.69 Å². The second-order valence-electron chi connectivity index (χ2n) is 3.36. The summed E-state index contributed by atoms with van der Waals surface area (Å²) >= 11 is 6.78. The first-order valence-electron chi connectivity index (χ1n) is 4.51. The van der Waals surface area contributed by atoms with Crippen LogP contribution in [-0.4, -0.2) is 35.2 Å². The minimum absolute atomic E-state index is 0.0802. The molecular weight excluding hydrogens is 279 g/mol. The fraction of sp³-hybridized carbons (Fsp3) is 0.444. The summed E-state index contributed by atoms with van der Waals surface area (Å²) in [5.41, 5.74) is 0. The Morgan fingerprint density at radius 3 is 2.53 bits per heavy atom. The number of thiophene rings is 1. The number of carbonyl (C=O) groups is 1. The smallest absolute Gasteiger partial charge is 0.401 e. The number of hydrogen-bond acceptors (Lipinski definition) is 3. The van der Waals surface area contributed by atoms with Crippen molar-refractivity contribution in [3.63, 3.8) is 0 Å². The predicted octanol–water partition coefficient (Wildman–Crippen LogP) is 2.85. The molecule has 0 atom stereocenters. The first-order chi connectivity index (χ1) is 7.76. The van der Waals surface area contributed by atoms with E-state index in [0.717, 1.165) is 16.2 Å². The highest BCUT2D eigenvalue weighted by Crippen LogP contribution is 2.24. The van der Waals surface area contributed by atoms with Crippen LogP contribution < -0.4 is 0 Å². The van der Waals surface area contributed by atoms with Gasteiger partial charge in [0.25, 0.3) is 0 Å². The average molecular weight is 288 g/mol. The molecule has 0 radical (unpaired) electrons. The number of carboxylic acids is 1. The van der Waals surface area contributed by atoms with E-state index in [1.165, 1.54) is 0 Å². The van der Waals surface area contributed by atoms with E-state index in [2.05, 4.69) is 0 Å². The van der Waals surface area contributed by atoms with Crippen molar-refractivity contribution in [3.8, 4) is 0 Å². The molecule has 0 spiro atoms. The van der Waals surface area contributed by atoms with Crippen LogP contribution in [0.15, 0.2) is 12.1 Å². The summed E-state index contributed by atoms with van der Waals surface area (Å²) in [6.07, 6.45) is -4.42. The zero-order chi connectivity index (χ0) is 13.1. The van der Waals surface area contributed by atoms with E-state index < -0.39 is 25.2 Å². The van der Waals surface area contributed by atoms with Gasteiger partial charge in [-0.1, -0.05) is 11.6 Å². The lowest BCUT2D eigenvalue weighted by Crippen LogP contribution is -2.37. The lowest BCUT2D eigenvalue weighted by Gasteiger charge is -2.20. The monoisotopic (exact) mass is 287 g/mol. The number of alkyl halides is 3. The van der Waals surface area contributed by atoms with Gasteiger partial charge in [0.15, 0.2) is 0 Å². The molecule has 0 aliphatic rings. The fourth-order valence-corrected chi connectivity index (χ4v) is 2.40. The van der Waals surface area contributed by atoms with Crippen LogP contribution in [0.25, 0.3) is 0 Å². The second-order valence-corrected chi connectivity index (χ2v) is 5.16. The molecule has 1 aromatic rings. The van der Waals surface area contributed by atoms with Crippen molar-refractivity contribution in [1.82, 2.24) is 4.90 Å². The first kappa shape index (κ1) is 14.3. The van der Waals surface area contributed by atoms with Gasteiger partial charge in [-0.2, -0.15) is 13.2 Å². The van der Waals surface area contributed by atoms with E-state index in [0.29, 0.717) is 9.21 Å². The standard InChI is InChI=1S/C9H9ClF3NO2S/c10-7-2-1-6(17-7)3-14(4-8(15)16)5-9(11,12)13/h1-2H,3-5H2,(H,15,16). The largest absolute Gasteiger partial charge is 0.480 e. The molecule has 0 aromatic carbocycles. The maximum Gasteiger partial charge on any atom is 0.401 e. The number of rotatable bonds is 5. The van der Waals surface area contributed by atoms with Crippen molar-refractivity contribution in [2.24, 2.45) is 0 Å². The van der Waals surface area contributed by atoms with Crippen molar-refractivity contribution in [1.29, 1.82) is 0 Å². The van der Waals surface area contributed by atoms with Crippen LogP contribution in [0.5, 0.6) is 0 Å². The Bertz CT molecular complexity index is 394. The average Bonchev–Trinajstić information content (AvgIpc) is 2.46. The van der Waals surface area contributed by atoms with Crippen LogP contribution in [0.4, 0.5) is 13.2 Å². The van der Waals surface area contributed by atoms with Crippen LogP contribution >= 0.6 is 22.9 Å². The van der Waals surface area contributed by atoms with Gasteiger partial charge in [0.2, 0.25) is 0 Å². The minimum atomic E-state index is -4.42. The molecule has 3 nitrogen and oxygen atoms in total. The highest BCUT2D eigenvalue weighted by atomic mass is 35.5. The van der Waals surface area contributed by atoms with Crippen LogP contribution in [-0.2, 0) is 11.3 Å². The summed E-state index contributed by atoms with van der Waals surface area (Å²) in [6.45, 7) is -1.99. The van der Waals surface area contributed by atoms with E-state index in [4.69, 9.17) is 16.7 Å². The number of hydrogen-bond donors (Lipinski definition) is 1. The van der Waals surface area contributed by atoms with Crippen LogP contribution in [0.3, 0.4) is 0 Å². The normalized spacial score (nSPS) is 12.1. The van der Waals surface area contributed by atoms with Gasteiger partial charge in [-0.05, 0) is 12.1 Å². The summed E-state index contributed by atoms with van der Waals surface area (Å²) < 4.78 is 37.1. The van der Waals surface area contributed by atoms with Gasteiger partial charge in [-0.25, -0.2) is 0 Å². The topological polar surface area (TPSA) is 40.5 Å². The number of halogens is 4. The third-order valence-corrected chi connectivity index (χ3v) is 2.99. The maximum atomic E-state index is 12.2. The van der Waals surface area contributed by atoms with Crippen molar-refractivity contribution < 1.29 is 23.1 Å². The third kappa shape index (κ3) is 5.90. The molecule has 1 N–H and O–H groups in total. The van der Waals surface area contributed by atoms with Crippen LogP contribution in [0.2, 0.25) is 4.34 Å². The van der Waals surface area contributed by atoms with Gasteiger partial charge in [-0.15, -0.1) is 11.3 Å². The molecule has 0 aliphatic heterocycles. The van der Waals surface area contributed by atoms with E-state index in [1.807, 2.05) is 0 Å². The van der Waals surface area contributed by atoms with Crippen molar-refractivity contribution in [2.75, 3.05) is 13.1 Å². The molecule has 1 rings (SSSR count). The molecule has 0 saturated carbocycles. The van der Waals surface area contributed by atoms with E-state index in [1.54, 1.807) is 12.1 Å². The summed E-state index contributed by atoms with van der Waals surface area (Å²) in [6, 6.07) is 3.15. The zero-order valence-corrected chi connectivity index (χ0v) is 10.1. The summed E-state index contributed by atoms with van der Waals surface area (Å²) in [5.74, 6) is -1.29. The molecule has 0 fully saturated rings. The van der Waals surface area contributed by atoms with E-state index >= 15 is 0 Å². The van der Waals surface area contributed by atoms with Gasteiger partial charge < -0.3 is 5.11 Å². The molecule has 1 heterocycles. The Hall–Kier alpha value is -0.790. The zero-order valence-electron chi connectivity index (χ0n) is 8.50. The molecule has 1 aromatic heterocycles. The lowest BCUT2D eigenvalue weighted by molar-refractivity contribution is -0.154. The highest BCUT2D eigenvalue weighted by molar-refractivity contribution is 7.16. The van der Waals surface area contributed by atoms with Gasteiger partial charge in [0.05, 0.1) is 17.4 Å². The van der Waals surface area contributed by atoms with Crippen LogP contribution in [0.1, 0.15) is 4.88 Å². The molecule has 0 aliphatic carbocycles. The Morgan fingerprint density at radius 2 is 2.12 bits per heavy atom. The first-order valence-corrected chi connectivity index (χ1v) is 5.71. The Labute approximate surface area is 104 Å². The second kappa shape index (κ2) is 5.70. The van der Waals surface area contributed by atoms with Crippen LogP contribution in [0, 0.1) is 0 Å². The Balaban J connectivity index is 2.66. The molecule has 0 bridgehead atoms. The molecule has 0 amide bonds. The van der Waals surface area contributed by atoms with Crippen molar-refractivity contribution in [3.05, 3.63) is 21.3 Å². The molecule has 0 unspecified atom stereocenters. The summed E-state index contributed by atoms with van der Waals surface area (Å²) in [4.78, 5) is 11.9. The minimum Gasteiger partial charge on any atom is -0.480 e.